The lowest BCUT2D eigenvalue weighted by molar-refractivity contribution is -0.216. The third-order valence-corrected chi connectivity index (χ3v) is 9.65. The molecule has 210 valence electrons. The maximum atomic E-state index is 14.2. The molecule has 2 aliphatic carbocycles. The number of carbonyl (C=O) groups is 1. The predicted octanol–water partition coefficient (Wildman–Crippen LogP) is 5.27. The van der Waals surface area contributed by atoms with E-state index in [0.717, 1.165) is 56.5 Å². The van der Waals surface area contributed by atoms with Gasteiger partial charge in [0.05, 0.1) is 29.7 Å². The Morgan fingerprint density at radius 3 is 2.50 bits per heavy atom. The highest BCUT2D eigenvalue weighted by Gasteiger charge is 2.62. The van der Waals surface area contributed by atoms with Crippen molar-refractivity contribution in [1.29, 1.82) is 0 Å². The molecule has 2 aromatic carbocycles. The summed E-state index contributed by atoms with van der Waals surface area (Å²) in [6.45, 7) is 3.00. The number of aromatic nitrogens is 3. The fourth-order valence-corrected chi connectivity index (χ4v) is 7.13. The van der Waals surface area contributed by atoms with Crippen LogP contribution in [0.5, 0.6) is 0 Å². The highest BCUT2D eigenvalue weighted by atomic mass is 19.4. The Balaban J connectivity index is 1.22. The Kier molecular flexibility index (Phi) is 5.55. The van der Waals surface area contributed by atoms with E-state index in [2.05, 4.69) is 22.4 Å². The summed E-state index contributed by atoms with van der Waals surface area (Å²) in [6, 6.07) is 10.4. The van der Waals surface area contributed by atoms with Crippen LogP contribution < -0.4 is 10.2 Å². The first-order valence-electron chi connectivity index (χ1n) is 13.9. The van der Waals surface area contributed by atoms with Gasteiger partial charge in [-0.2, -0.15) is 13.2 Å². The maximum absolute atomic E-state index is 14.2. The Morgan fingerprint density at radius 2 is 1.90 bits per heavy atom. The first-order chi connectivity index (χ1) is 19.0. The molecule has 0 bridgehead atoms. The summed E-state index contributed by atoms with van der Waals surface area (Å²) in [6.07, 6.45) is 2.70. The highest BCUT2D eigenvalue weighted by Crippen LogP contribution is 2.60. The number of aryl methyl sites for hydroxylation is 1. The number of benzene rings is 2. The number of carbonyl (C=O) groups excluding carboxylic acids is 1. The summed E-state index contributed by atoms with van der Waals surface area (Å²) in [5, 5.41) is 11.9. The van der Waals surface area contributed by atoms with Crippen molar-refractivity contribution in [2.75, 3.05) is 11.5 Å². The van der Waals surface area contributed by atoms with E-state index >= 15 is 0 Å². The monoisotopic (exact) mass is 551 g/mol. The molecule has 3 fully saturated rings. The van der Waals surface area contributed by atoms with Gasteiger partial charge in [-0.15, -0.1) is 10.2 Å². The molecule has 10 heteroatoms. The van der Waals surface area contributed by atoms with E-state index in [-0.39, 0.29) is 28.8 Å². The fraction of sp³-hybridized carbons (Fsp3) is 0.500. The summed E-state index contributed by atoms with van der Waals surface area (Å²) in [5.74, 6) is 0.410. The van der Waals surface area contributed by atoms with Crippen LogP contribution in [0.25, 0.3) is 0 Å². The van der Waals surface area contributed by atoms with Crippen molar-refractivity contribution >= 4 is 11.6 Å². The normalized spacial score (nSPS) is 26.8. The van der Waals surface area contributed by atoms with Crippen LogP contribution in [0, 0.1) is 0 Å². The fourth-order valence-electron chi connectivity index (χ4n) is 7.13. The summed E-state index contributed by atoms with van der Waals surface area (Å²) in [4.78, 5) is 15.1. The summed E-state index contributed by atoms with van der Waals surface area (Å²) < 4.78 is 50.5. The van der Waals surface area contributed by atoms with E-state index in [4.69, 9.17) is 4.74 Å². The second kappa shape index (κ2) is 8.63. The molecule has 3 aromatic rings. The van der Waals surface area contributed by atoms with E-state index in [9.17, 15) is 18.0 Å². The molecule has 2 aliphatic heterocycles. The highest BCUT2D eigenvalue weighted by molar-refractivity contribution is 6.10. The van der Waals surface area contributed by atoms with Crippen LogP contribution in [0.1, 0.15) is 83.9 Å². The van der Waals surface area contributed by atoms with Crippen molar-refractivity contribution in [2.45, 2.75) is 81.3 Å². The largest absolute Gasteiger partial charge is 0.416 e. The Labute approximate surface area is 230 Å². The first kappa shape index (κ1) is 25.7. The number of hydrogen-bond acceptors (Lipinski definition) is 5. The van der Waals surface area contributed by atoms with Gasteiger partial charge in [-0.1, -0.05) is 12.1 Å². The zero-order valence-corrected chi connectivity index (χ0v) is 22.6. The van der Waals surface area contributed by atoms with Crippen molar-refractivity contribution in [3.8, 4) is 0 Å². The lowest BCUT2D eigenvalue weighted by Crippen LogP contribution is -2.62. The van der Waals surface area contributed by atoms with Gasteiger partial charge in [0, 0.05) is 30.4 Å². The van der Waals surface area contributed by atoms with E-state index in [1.807, 2.05) is 29.8 Å². The first-order valence-corrected chi connectivity index (χ1v) is 13.9. The molecule has 1 saturated heterocycles. The SMILES string of the molecule is Cn1cnnc1[C@]1(c2cccc(N3Cc4c(cc(CNC5(C)CCC5)cc4C(F)(F)F)C3=O)c2)C[C@@]2(CCO2)C1. The standard InChI is InChI=1S/C30H32F3N5O2/c1-27(7-4-8-27)34-14-19-11-22-23(24(12-19)30(31,32)33)15-38(25(22)39)21-6-3-5-20(13-21)29(26-36-35-18-37(26)2)16-28(17-29)9-10-40-28/h3,5-6,11-13,18,34H,4,7-10,14-17H2,1-2H3/t28-,29+. The van der Waals surface area contributed by atoms with Gasteiger partial charge in [0.2, 0.25) is 0 Å². The lowest BCUT2D eigenvalue weighted by atomic mass is 9.53. The second-order valence-corrected chi connectivity index (χ2v) is 12.4. The van der Waals surface area contributed by atoms with Gasteiger partial charge in [-0.05, 0) is 86.4 Å². The minimum atomic E-state index is -4.56. The lowest BCUT2D eigenvalue weighted by Gasteiger charge is -2.59. The predicted molar refractivity (Wildman–Crippen MR) is 142 cm³/mol. The molecule has 1 amide bonds. The van der Waals surface area contributed by atoms with Crippen molar-refractivity contribution in [2.24, 2.45) is 7.05 Å². The van der Waals surface area contributed by atoms with Crippen molar-refractivity contribution in [3.63, 3.8) is 0 Å². The Morgan fingerprint density at radius 1 is 1.12 bits per heavy atom. The molecule has 0 atom stereocenters. The summed E-state index contributed by atoms with van der Waals surface area (Å²) in [7, 11) is 1.91. The quantitative estimate of drug-likeness (QED) is 0.452. The van der Waals surface area contributed by atoms with Crippen molar-refractivity contribution in [1.82, 2.24) is 20.1 Å². The van der Waals surface area contributed by atoms with Gasteiger partial charge in [-0.25, -0.2) is 0 Å². The molecule has 1 N–H and O–H groups in total. The number of fused-ring (bicyclic) bond motifs is 1. The number of hydrogen-bond donors (Lipinski definition) is 1. The molecule has 2 saturated carbocycles. The van der Waals surface area contributed by atoms with Crippen LogP contribution in [0.4, 0.5) is 18.9 Å². The van der Waals surface area contributed by atoms with Gasteiger partial charge < -0.3 is 19.5 Å². The van der Waals surface area contributed by atoms with E-state index in [1.54, 1.807) is 18.5 Å². The molecule has 0 unspecified atom stereocenters. The van der Waals surface area contributed by atoms with Crippen LogP contribution in [-0.4, -0.2) is 38.4 Å². The van der Waals surface area contributed by atoms with Gasteiger partial charge in [-0.3, -0.25) is 4.79 Å². The van der Waals surface area contributed by atoms with Crippen LogP contribution in [0.2, 0.25) is 0 Å². The van der Waals surface area contributed by atoms with E-state index in [0.29, 0.717) is 17.8 Å². The number of rotatable bonds is 6. The molecule has 0 radical (unpaired) electrons. The average molecular weight is 552 g/mol. The maximum Gasteiger partial charge on any atom is 0.416 e. The average Bonchev–Trinajstić information content (AvgIpc) is 3.43. The smallest absolute Gasteiger partial charge is 0.375 e. The summed E-state index contributed by atoms with van der Waals surface area (Å²) >= 11 is 0. The van der Waals surface area contributed by atoms with Crippen LogP contribution in [0.3, 0.4) is 0 Å². The molecule has 4 aliphatic rings. The molecule has 1 spiro atoms. The summed E-state index contributed by atoms with van der Waals surface area (Å²) in [5.41, 5.74) is 0.785. The van der Waals surface area contributed by atoms with Gasteiger partial charge in [0.25, 0.3) is 5.91 Å². The topological polar surface area (TPSA) is 72.3 Å². The Bertz CT molecular complexity index is 1500. The third-order valence-electron chi connectivity index (χ3n) is 9.65. The van der Waals surface area contributed by atoms with E-state index in [1.165, 1.54) is 11.0 Å². The number of ether oxygens (including phenoxy) is 1. The van der Waals surface area contributed by atoms with Crippen LogP contribution in [-0.2, 0) is 36.5 Å². The third kappa shape index (κ3) is 3.90. The minimum absolute atomic E-state index is 0.0370. The molecule has 3 heterocycles. The van der Waals surface area contributed by atoms with E-state index < -0.39 is 23.1 Å². The molecule has 7 nitrogen and oxygen atoms in total. The zero-order valence-electron chi connectivity index (χ0n) is 22.6. The second-order valence-electron chi connectivity index (χ2n) is 12.4. The number of nitrogens with one attached hydrogen (secondary N) is 1. The number of anilines is 1. The molecule has 40 heavy (non-hydrogen) atoms. The van der Waals surface area contributed by atoms with Crippen molar-refractivity contribution < 1.29 is 22.7 Å². The molecule has 1 aromatic heterocycles. The molecular formula is C30H32F3N5O2. The number of halogens is 3. The number of amides is 1. The van der Waals surface area contributed by atoms with Gasteiger partial charge in [0.1, 0.15) is 12.2 Å². The molecular weight excluding hydrogens is 519 g/mol. The number of alkyl halides is 3. The van der Waals surface area contributed by atoms with Crippen LogP contribution in [0.15, 0.2) is 42.7 Å². The van der Waals surface area contributed by atoms with Crippen LogP contribution >= 0.6 is 0 Å². The Hall–Kier alpha value is -3.24. The van der Waals surface area contributed by atoms with Crippen molar-refractivity contribution in [3.05, 3.63) is 76.4 Å². The molecule has 7 rings (SSSR count). The zero-order chi connectivity index (χ0) is 27.9. The number of nitrogens with zero attached hydrogens (tertiary/aromatic N) is 4. The van der Waals surface area contributed by atoms with Gasteiger partial charge >= 0.3 is 6.18 Å². The van der Waals surface area contributed by atoms with Gasteiger partial charge in [0.15, 0.2) is 0 Å². The minimum Gasteiger partial charge on any atom is -0.375 e.